The highest BCUT2D eigenvalue weighted by molar-refractivity contribution is 6.02. The van der Waals surface area contributed by atoms with E-state index in [4.69, 9.17) is 4.42 Å². The lowest BCUT2D eigenvalue weighted by molar-refractivity contribution is -0.124. The number of anilines is 1. The SMILES string of the molecule is C[C@@H](C(=O)NC(=O)Nc1ccccc1F)N(C)Cc1ccco1. The van der Waals surface area contributed by atoms with Gasteiger partial charge in [-0.05, 0) is 38.2 Å². The summed E-state index contributed by atoms with van der Waals surface area (Å²) in [7, 11) is 1.74. The molecule has 1 aromatic carbocycles. The van der Waals surface area contributed by atoms with Crippen LogP contribution >= 0.6 is 0 Å². The Hall–Kier alpha value is -2.67. The van der Waals surface area contributed by atoms with Crippen LogP contribution in [0.4, 0.5) is 14.9 Å². The molecule has 0 aliphatic heterocycles. The number of carbonyl (C=O) groups is 2. The molecule has 122 valence electrons. The van der Waals surface area contributed by atoms with Crippen molar-refractivity contribution in [3.8, 4) is 0 Å². The number of para-hydroxylation sites is 1. The second-order valence-corrected chi connectivity index (χ2v) is 5.09. The molecule has 1 aromatic heterocycles. The third-order valence-corrected chi connectivity index (χ3v) is 3.38. The van der Waals surface area contributed by atoms with E-state index in [1.807, 2.05) is 0 Å². The number of amides is 3. The van der Waals surface area contributed by atoms with E-state index in [0.29, 0.717) is 12.3 Å². The Kier molecular flexibility index (Phi) is 5.48. The summed E-state index contributed by atoms with van der Waals surface area (Å²) in [4.78, 5) is 25.6. The number of likely N-dealkylation sites (N-methyl/N-ethyl adjacent to an activating group) is 1. The number of urea groups is 1. The summed E-state index contributed by atoms with van der Waals surface area (Å²) in [6, 6.07) is 7.94. The Morgan fingerprint density at radius 2 is 2.00 bits per heavy atom. The lowest BCUT2D eigenvalue weighted by atomic mass is 10.2. The van der Waals surface area contributed by atoms with Gasteiger partial charge < -0.3 is 9.73 Å². The maximum atomic E-state index is 13.4. The number of imide groups is 1. The van der Waals surface area contributed by atoms with Gasteiger partial charge in [-0.15, -0.1) is 0 Å². The molecule has 2 N–H and O–H groups in total. The standard InChI is InChI=1S/C16H18FN3O3/c1-11(20(2)10-12-6-5-9-23-12)15(21)19-16(22)18-14-8-4-3-7-13(14)17/h3-9,11H,10H2,1-2H3,(H2,18,19,21,22)/t11-/m0/s1. The summed E-state index contributed by atoms with van der Waals surface area (Å²) in [5, 5.41) is 4.49. The molecule has 2 aromatic rings. The van der Waals surface area contributed by atoms with Crippen LogP contribution in [0.15, 0.2) is 47.1 Å². The van der Waals surface area contributed by atoms with Gasteiger partial charge in [0.1, 0.15) is 11.6 Å². The molecule has 0 fully saturated rings. The molecule has 0 aliphatic rings. The first kappa shape index (κ1) is 16.7. The lowest BCUT2D eigenvalue weighted by Crippen LogP contribution is -2.46. The second-order valence-electron chi connectivity index (χ2n) is 5.09. The molecule has 0 aliphatic carbocycles. The Morgan fingerprint density at radius 3 is 2.65 bits per heavy atom. The van der Waals surface area contributed by atoms with E-state index in [1.54, 1.807) is 43.3 Å². The summed E-state index contributed by atoms with van der Waals surface area (Å²) < 4.78 is 18.7. The van der Waals surface area contributed by atoms with Crippen molar-refractivity contribution in [3.63, 3.8) is 0 Å². The van der Waals surface area contributed by atoms with Gasteiger partial charge in [-0.2, -0.15) is 0 Å². The van der Waals surface area contributed by atoms with Crippen molar-refractivity contribution in [1.82, 2.24) is 10.2 Å². The summed E-state index contributed by atoms with van der Waals surface area (Å²) in [6.45, 7) is 2.09. The van der Waals surface area contributed by atoms with Crippen molar-refractivity contribution < 1.29 is 18.4 Å². The summed E-state index contributed by atoms with van der Waals surface area (Å²) in [6.07, 6.45) is 1.55. The van der Waals surface area contributed by atoms with E-state index < -0.39 is 23.8 Å². The number of furan rings is 1. The molecule has 23 heavy (non-hydrogen) atoms. The molecule has 0 radical (unpaired) electrons. The van der Waals surface area contributed by atoms with Gasteiger partial charge >= 0.3 is 6.03 Å². The fourth-order valence-electron chi connectivity index (χ4n) is 1.92. The molecule has 0 saturated heterocycles. The summed E-state index contributed by atoms with van der Waals surface area (Å²) in [5.74, 6) is -0.353. The zero-order valence-electron chi connectivity index (χ0n) is 12.9. The van der Waals surface area contributed by atoms with Crippen molar-refractivity contribution in [2.24, 2.45) is 0 Å². The fourth-order valence-corrected chi connectivity index (χ4v) is 1.92. The first-order valence-corrected chi connectivity index (χ1v) is 7.06. The molecule has 1 heterocycles. The highest BCUT2D eigenvalue weighted by Crippen LogP contribution is 2.12. The number of carbonyl (C=O) groups excluding carboxylic acids is 2. The normalized spacial score (nSPS) is 12.0. The van der Waals surface area contributed by atoms with E-state index in [1.165, 1.54) is 18.2 Å². The smallest absolute Gasteiger partial charge is 0.326 e. The number of hydrogen-bond donors (Lipinski definition) is 2. The maximum Gasteiger partial charge on any atom is 0.326 e. The first-order chi connectivity index (χ1) is 11.0. The van der Waals surface area contributed by atoms with Crippen LogP contribution in [0.1, 0.15) is 12.7 Å². The van der Waals surface area contributed by atoms with Gasteiger partial charge in [0.05, 0.1) is 24.5 Å². The molecule has 2 rings (SSSR count). The van der Waals surface area contributed by atoms with Gasteiger partial charge in [0.25, 0.3) is 0 Å². The average molecular weight is 319 g/mol. The number of benzene rings is 1. The number of nitrogens with one attached hydrogen (secondary N) is 2. The van der Waals surface area contributed by atoms with Crippen LogP contribution in [0.3, 0.4) is 0 Å². The highest BCUT2D eigenvalue weighted by Gasteiger charge is 2.21. The molecule has 6 nitrogen and oxygen atoms in total. The van der Waals surface area contributed by atoms with Crippen LogP contribution < -0.4 is 10.6 Å². The molecule has 0 bridgehead atoms. The van der Waals surface area contributed by atoms with Gasteiger partial charge in [-0.3, -0.25) is 15.0 Å². The van der Waals surface area contributed by atoms with Crippen LogP contribution in [0, 0.1) is 5.82 Å². The quantitative estimate of drug-likeness (QED) is 0.888. The fraction of sp³-hybridized carbons (Fsp3) is 0.250. The molecular formula is C16H18FN3O3. The predicted octanol–water partition coefficient (Wildman–Crippen LogP) is 2.59. The molecule has 0 unspecified atom stereocenters. The van der Waals surface area contributed by atoms with Crippen molar-refractivity contribution in [1.29, 1.82) is 0 Å². The Balaban J connectivity index is 1.87. The van der Waals surface area contributed by atoms with Crippen LogP contribution in [-0.4, -0.2) is 29.9 Å². The van der Waals surface area contributed by atoms with Gasteiger partial charge in [0, 0.05) is 0 Å². The van der Waals surface area contributed by atoms with E-state index in [2.05, 4.69) is 10.6 Å². The van der Waals surface area contributed by atoms with Crippen LogP contribution in [0.2, 0.25) is 0 Å². The lowest BCUT2D eigenvalue weighted by Gasteiger charge is -2.22. The number of halogens is 1. The maximum absolute atomic E-state index is 13.4. The minimum Gasteiger partial charge on any atom is -0.468 e. The monoisotopic (exact) mass is 319 g/mol. The minimum atomic E-state index is -0.779. The van der Waals surface area contributed by atoms with E-state index in [-0.39, 0.29) is 5.69 Å². The number of nitrogens with zero attached hydrogens (tertiary/aromatic N) is 1. The molecule has 0 spiro atoms. The van der Waals surface area contributed by atoms with Gasteiger partial charge in [-0.1, -0.05) is 12.1 Å². The zero-order chi connectivity index (χ0) is 16.8. The molecule has 7 heteroatoms. The summed E-state index contributed by atoms with van der Waals surface area (Å²) in [5.41, 5.74) is 0.00870. The third kappa shape index (κ3) is 4.65. The van der Waals surface area contributed by atoms with Gasteiger partial charge in [0.15, 0.2) is 0 Å². The molecule has 0 saturated carbocycles. The Labute approximate surface area is 133 Å². The predicted molar refractivity (Wildman–Crippen MR) is 83.2 cm³/mol. The first-order valence-electron chi connectivity index (χ1n) is 7.06. The van der Waals surface area contributed by atoms with E-state index in [0.717, 1.165) is 0 Å². The van der Waals surface area contributed by atoms with Crippen molar-refractivity contribution >= 4 is 17.6 Å². The van der Waals surface area contributed by atoms with E-state index in [9.17, 15) is 14.0 Å². The topological polar surface area (TPSA) is 74.6 Å². The highest BCUT2D eigenvalue weighted by atomic mass is 19.1. The Morgan fingerprint density at radius 1 is 1.26 bits per heavy atom. The van der Waals surface area contributed by atoms with E-state index >= 15 is 0 Å². The largest absolute Gasteiger partial charge is 0.468 e. The second kappa shape index (κ2) is 7.55. The van der Waals surface area contributed by atoms with Crippen molar-refractivity contribution in [2.45, 2.75) is 19.5 Å². The minimum absolute atomic E-state index is 0.00870. The van der Waals surface area contributed by atoms with Crippen LogP contribution in [0.25, 0.3) is 0 Å². The molecule has 1 atom stereocenters. The number of rotatable bonds is 5. The molecule has 3 amide bonds. The van der Waals surface area contributed by atoms with Crippen LogP contribution in [-0.2, 0) is 11.3 Å². The van der Waals surface area contributed by atoms with Crippen molar-refractivity contribution in [3.05, 3.63) is 54.2 Å². The average Bonchev–Trinajstić information content (AvgIpc) is 3.01. The van der Waals surface area contributed by atoms with Crippen molar-refractivity contribution in [2.75, 3.05) is 12.4 Å². The van der Waals surface area contributed by atoms with Crippen LogP contribution in [0.5, 0.6) is 0 Å². The summed E-state index contributed by atoms with van der Waals surface area (Å²) >= 11 is 0. The third-order valence-electron chi connectivity index (χ3n) is 3.38. The molecular weight excluding hydrogens is 301 g/mol. The number of hydrogen-bond acceptors (Lipinski definition) is 4. The Bertz CT molecular complexity index is 673. The van der Waals surface area contributed by atoms with Gasteiger partial charge in [-0.25, -0.2) is 9.18 Å². The van der Waals surface area contributed by atoms with Gasteiger partial charge in [0.2, 0.25) is 5.91 Å². The zero-order valence-corrected chi connectivity index (χ0v) is 12.9.